The van der Waals surface area contributed by atoms with Crippen molar-refractivity contribution in [3.05, 3.63) is 53.6 Å². The molecule has 10 heteroatoms. The Balaban J connectivity index is 1.65. The number of rotatable bonds is 11. The number of ether oxygens (including phenoxy) is 2. The lowest BCUT2D eigenvalue weighted by Gasteiger charge is -2.34. The first-order chi connectivity index (χ1) is 18.2. The molecule has 4 rings (SSSR count). The van der Waals surface area contributed by atoms with E-state index in [1.54, 1.807) is 18.2 Å². The summed E-state index contributed by atoms with van der Waals surface area (Å²) in [5.41, 5.74) is 2.20. The molecule has 0 bridgehead atoms. The summed E-state index contributed by atoms with van der Waals surface area (Å²) in [5, 5.41) is 3.13. The minimum Gasteiger partial charge on any atom is -0.454 e. The number of carbonyl (C=O) groups excluding carboxylic acids is 2. The van der Waals surface area contributed by atoms with Gasteiger partial charge in [0.15, 0.2) is 11.5 Å². The third-order valence-corrected chi connectivity index (χ3v) is 9.05. The van der Waals surface area contributed by atoms with Crippen LogP contribution in [0.3, 0.4) is 0 Å². The summed E-state index contributed by atoms with van der Waals surface area (Å²) in [4.78, 5) is 28.9. The summed E-state index contributed by atoms with van der Waals surface area (Å²) in [7, 11) is -3.82. The summed E-state index contributed by atoms with van der Waals surface area (Å²) < 4.78 is 38.3. The van der Waals surface area contributed by atoms with Crippen LogP contribution in [0.1, 0.15) is 57.1 Å². The largest absolute Gasteiger partial charge is 0.454 e. The van der Waals surface area contributed by atoms with Gasteiger partial charge in [-0.05, 0) is 56.4 Å². The Morgan fingerprint density at radius 2 is 1.76 bits per heavy atom. The number of hydrogen-bond acceptors (Lipinski definition) is 6. The summed E-state index contributed by atoms with van der Waals surface area (Å²) in [5.74, 6) is 0.104. The number of aryl methyl sites for hydroxylation is 1. The number of hydrogen-bond donors (Lipinski definition) is 1. The highest BCUT2D eigenvalue weighted by Gasteiger charge is 2.34. The first kappa shape index (κ1) is 27.8. The fourth-order valence-electron chi connectivity index (χ4n) is 5.02. The molecule has 1 aliphatic heterocycles. The Morgan fingerprint density at radius 1 is 1.05 bits per heavy atom. The molecule has 2 aliphatic rings. The second-order valence-corrected chi connectivity index (χ2v) is 12.0. The van der Waals surface area contributed by atoms with E-state index in [4.69, 9.17) is 9.47 Å². The molecule has 1 aliphatic carbocycles. The third-order valence-electron chi connectivity index (χ3n) is 7.31. The van der Waals surface area contributed by atoms with Crippen molar-refractivity contribution < 1.29 is 27.5 Å². The van der Waals surface area contributed by atoms with Crippen molar-refractivity contribution >= 4 is 27.5 Å². The predicted octanol–water partition coefficient (Wildman–Crippen LogP) is 3.75. The molecule has 206 valence electrons. The van der Waals surface area contributed by atoms with Gasteiger partial charge in [-0.3, -0.25) is 13.9 Å². The first-order valence-corrected chi connectivity index (χ1v) is 14.9. The lowest BCUT2D eigenvalue weighted by molar-refractivity contribution is -0.140. The maximum Gasteiger partial charge on any atom is 0.244 e. The van der Waals surface area contributed by atoms with Gasteiger partial charge in [0.05, 0.1) is 11.4 Å². The molecule has 1 atom stereocenters. The molecule has 2 aromatic carbocycles. The van der Waals surface area contributed by atoms with E-state index in [1.165, 1.54) is 11.8 Å². The number of nitrogens with zero attached hydrogens (tertiary/aromatic N) is 2. The van der Waals surface area contributed by atoms with Gasteiger partial charge in [0.25, 0.3) is 0 Å². The van der Waals surface area contributed by atoms with Crippen LogP contribution in [0.4, 0.5) is 5.69 Å². The van der Waals surface area contributed by atoms with Crippen molar-refractivity contribution in [2.24, 2.45) is 0 Å². The molecule has 0 aromatic heterocycles. The third kappa shape index (κ3) is 6.23. The van der Waals surface area contributed by atoms with Crippen molar-refractivity contribution in [3.63, 3.8) is 0 Å². The van der Waals surface area contributed by atoms with Gasteiger partial charge in [-0.25, -0.2) is 8.42 Å². The molecule has 2 aromatic rings. The standard InChI is InChI=1S/C28H37N3O6S/c1-4-24(28(33)29-22-12-8-9-13-22)30(17-21-11-7-6-10-20(21)3)27(32)18-31(38(34,35)5-2)23-14-15-25-26(16-23)37-19-36-25/h6-7,10-11,14-16,22,24H,4-5,8-9,12-13,17-19H2,1-3H3,(H,29,33)/t24-/m0/s1. The van der Waals surface area contributed by atoms with Crippen LogP contribution in [-0.2, 0) is 26.2 Å². The summed E-state index contributed by atoms with van der Waals surface area (Å²) in [6.07, 6.45) is 4.42. The second kappa shape index (κ2) is 12.1. The van der Waals surface area contributed by atoms with E-state index in [2.05, 4.69) is 5.32 Å². The first-order valence-electron chi connectivity index (χ1n) is 13.3. The zero-order valence-corrected chi connectivity index (χ0v) is 23.1. The van der Waals surface area contributed by atoms with Gasteiger partial charge < -0.3 is 19.7 Å². The maximum absolute atomic E-state index is 14.0. The van der Waals surface area contributed by atoms with E-state index in [9.17, 15) is 18.0 Å². The number of nitrogens with one attached hydrogen (secondary N) is 1. The summed E-state index contributed by atoms with van der Waals surface area (Å²) in [6, 6.07) is 11.9. The van der Waals surface area contributed by atoms with Crippen molar-refractivity contribution in [3.8, 4) is 11.5 Å². The predicted molar refractivity (Wildman–Crippen MR) is 146 cm³/mol. The van der Waals surface area contributed by atoms with Gasteiger partial charge in [-0.2, -0.15) is 0 Å². The zero-order valence-electron chi connectivity index (χ0n) is 22.3. The molecular weight excluding hydrogens is 506 g/mol. The topological polar surface area (TPSA) is 105 Å². The monoisotopic (exact) mass is 543 g/mol. The SMILES string of the molecule is CC[C@@H](C(=O)NC1CCCC1)N(Cc1ccccc1C)C(=O)CN(c1ccc2c(c1)OCO2)S(=O)(=O)CC. The molecule has 0 radical (unpaired) electrons. The number of amides is 2. The molecule has 1 N–H and O–H groups in total. The van der Waals surface area contributed by atoms with E-state index in [-0.39, 0.29) is 31.0 Å². The van der Waals surface area contributed by atoms with Crippen LogP contribution >= 0.6 is 0 Å². The Hall–Kier alpha value is -3.27. The number of benzene rings is 2. The van der Waals surface area contributed by atoms with Crippen molar-refractivity contribution in [1.29, 1.82) is 0 Å². The number of carbonyl (C=O) groups is 2. The second-order valence-electron chi connectivity index (χ2n) is 9.81. The molecule has 1 heterocycles. The molecule has 2 amide bonds. The summed E-state index contributed by atoms with van der Waals surface area (Å²) in [6.45, 7) is 5.18. The lowest BCUT2D eigenvalue weighted by Crippen LogP contribution is -2.53. The Labute approximate surface area is 225 Å². The smallest absolute Gasteiger partial charge is 0.244 e. The van der Waals surface area contributed by atoms with E-state index < -0.39 is 28.5 Å². The van der Waals surface area contributed by atoms with E-state index in [0.717, 1.165) is 41.1 Å². The molecule has 1 saturated carbocycles. The highest BCUT2D eigenvalue weighted by atomic mass is 32.2. The molecule has 1 fully saturated rings. The number of fused-ring (bicyclic) bond motifs is 1. The van der Waals surface area contributed by atoms with Crippen molar-refractivity contribution in [1.82, 2.24) is 10.2 Å². The average Bonchev–Trinajstić information content (AvgIpc) is 3.59. The van der Waals surface area contributed by atoms with Crippen LogP contribution in [0.25, 0.3) is 0 Å². The highest BCUT2D eigenvalue weighted by Crippen LogP contribution is 2.36. The van der Waals surface area contributed by atoms with Crippen LogP contribution in [0, 0.1) is 6.92 Å². The van der Waals surface area contributed by atoms with Gasteiger partial charge in [0.1, 0.15) is 12.6 Å². The molecule has 0 unspecified atom stereocenters. The fraction of sp³-hybridized carbons (Fsp3) is 0.500. The molecule has 9 nitrogen and oxygen atoms in total. The Kier molecular flexibility index (Phi) is 8.81. The van der Waals surface area contributed by atoms with Crippen LogP contribution in [0.2, 0.25) is 0 Å². The fourth-order valence-corrected chi connectivity index (χ4v) is 6.07. The Bertz CT molecular complexity index is 1260. The number of anilines is 1. The minimum absolute atomic E-state index is 0.0523. The maximum atomic E-state index is 14.0. The van der Waals surface area contributed by atoms with E-state index in [1.807, 2.05) is 38.1 Å². The zero-order chi connectivity index (χ0) is 27.3. The van der Waals surface area contributed by atoms with Gasteiger partial charge in [-0.1, -0.05) is 44.0 Å². The van der Waals surface area contributed by atoms with E-state index >= 15 is 0 Å². The van der Waals surface area contributed by atoms with Crippen LogP contribution < -0.4 is 19.1 Å². The van der Waals surface area contributed by atoms with E-state index in [0.29, 0.717) is 23.6 Å². The quantitative estimate of drug-likeness (QED) is 0.463. The average molecular weight is 544 g/mol. The van der Waals surface area contributed by atoms with Crippen LogP contribution in [0.5, 0.6) is 11.5 Å². The molecular formula is C28H37N3O6S. The minimum atomic E-state index is -3.82. The molecule has 0 saturated heterocycles. The Morgan fingerprint density at radius 3 is 2.45 bits per heavy atom. The van der Waals surface area contributed by atoms with Crippen LogP contribution in [-0.4, -0.2) is 56.3 Å². The van der Waals surface area contributed by atoms with Crippen molar-refractivity contribution in [2.45, 2.75) is 71.5 Å². The molecule has 38 heavy (non-hydrogen) atoms. The number of sulfonamides is 1. The summed E-state index contributed by atoms with van der Waals surface area (Å²) >= 11 is 0. The normalized spacial score (nSPS) is 15.8. The van der Waals surface area contributed by atoms with Crippen molar-refractivity contribution in [2.75, 3.05) is 23.4 Å². The van der Waals surface area contributed by atoms with Gasteiger partial charge in [0, 0.05) is 18.7 Å². The van der Waals surface area contributed by atoms with Gasteiger partial charge in [-0.15, -0.1) is 0 Å². The van der Waals surface area contributed by atoms with Gasteiger partial charge in [0.2, 0.25) is 28.6 Å². The lowest BCUT2D eigenvalue weighted by atomic mass is 10.1. The molecule has 0 spiro atoms. The highest BCUT2D eigenvalue weighted by molar-refractivity contribution is 7.92. The van der Waals surface area contributed by atoms with Crippen LogP contribution in [0.15, 0.2) is 42.5 Å². The van der Waals surface area contributed by atoms with Gasteiger partial charge >= 0.3 is 0 Å².